The van der Waals surface area contributed by atoms with Crippen LogP contribution in [0, 0.1) is 0 Å². The van der Waals surface area contributed by atoms with Crippen LogP contribution in [-0.4, -0.2) is 21.0 Å². The van der Waals surface area contributed by atoms with E-state index in [0.717, 1.165) is 41.5 Å². The third-order valence-electron chi connectivity index (χ3n) is 4.21. The van der Waals surface area contributed by atoms with Gasteiger partial charge < -0.3 is 10.1 Å². The lowest BCUT2D eigenvalue weighted by Crippen LogP contribution is -2.19. The maximum atomic E-state index is 5.95. The summed E-state index contributed by atoms with van der Waals surface area (Å²) < 4.78 is 5.95. The largest absolute Gasteiger partial charge is 0.482 e. The molecule has 1 atom stereocenters. The normalized spacial score (nSPS) is 12.1. The van der Waals surface area contributed by atoms with Crippen molar-refractivity contribution in [1.82, 2.24) is 15.0 Å². The van der Waals surface area contributed by atoms with Gasteiger partial charge in [0.1, 0.15) is 12.9 Å². The van der Waals surface area contributed by atoms with Gasteiger partial charge in [-0.05, 0) is 24.3 Å². The molecule has 0 aliphatic carbocycles. The van der Waals surface area contributed by atoms with Gasteiger partial charge in [-0.2, -0.15) is 0 Å². The van der Waals surface area contributed by atoms with Crippen LogP contribution in [0.15, 0.2) is 49.1 Å². The molecular formula is C20H24N4O. The first-order chi connectivity index (χ1) is 12.3. The van der Waals surface area contributed by atoms with Crippen molar-refractivity contribution < 1.29 is 4.74 Å². The van der Waals surface area contributed by atoms with E-state index < -0.39 is 0 Å². The topological polar surface area (TPSA) is 59.9 Å². The van der Waals surface area contributed by atoms with E-state index in [1.165, 1.54) is 0 Å². The van der Waals surface area contributed by atoms with Gasteiger partial charge >= 0.3 is 0 Å². The van der Waals surface area contributed by atoms with Crippen LogP contribution in [0.25, 0.3) is 10.8 Å². The van der Waals surface area contributed by atoms with Gasteiger partial charge in [-0.1, -0.05) is 44.5 Å². The zero-order valence-corrected chi connectivity index (χ0v) is 14.8. The first-order valence-electron chi connectivity index (χ1n) is 8.83. The number of hydrogen-bond acceptors (Lipinski definition) is 5. The molecule has 0 aliphatic heterocycles. The molecule has 1 unspecified atom stereocenters. The molecule has 130 valence electrons. The van der Waals surface area contributed by atoms with E-state index in [1.807, 2.05) is 18.3 Å². The van der Waals surface area contributed by atoms with E-state index in [-0.39, 0.29) is 0 Å². The van der Waals surface area contributed by atoms with Crippen molar-refractivity contribution in [3.8, 4) is 5.75 Å². The third-order valence-corrected chi connectivity index (χ3v) is 4.21. The second kappa shape index (κ2) is 8.42. The molecule has 0 bridgehead atoms. The van der Waals surface area contributed by atoms with Crippen LogP contribution >= 0.6 is 0 Å². The molecule has 1 N–H and O–H groups in total. The molecule has 5 nitrogen and oxygen atoms in total. The number of rotatable bonds is 8. The number of nitrogens with one attached hydrogen (secondary N) is 1. The Kier molecular flexibility index (Phi) is 5.77. The van der Waals surface area contributed by atoms with E-state index in [1.54, 1.807) is 12.5 Å². The summed E-state index contributed by atoms with van der Waals surface area (Å²) in [6.45, 7) is 4.75. The summed E-state index contributed by atoms with van der Waals surface area (Å²) in [5.74, 6) is 1.41. The van der Waals surface area contributed by atoms with Crippen LogP contribution in [0.1, 0.15) is 38.8 Å². The minimum absolute atomic E-state index is 0.386. The minimum Gasteiger partial charge on any atom is -0.482 e. The fraction of sp³-hybridized carbons (Fsp3) is 0.350. The fourth-order valence-corrected chi connectivity index (χ4v) is 2.81. The lowest BCUT2D eigenvalue weighted by Gasteiger charge is -2.18. The molecule has 0 saturated carbocycles. The molecule has 0 radical (unpaired) electrons. The second-order valence-electron chi connectivity index (χ2n) is 6.09. The van der Waals surface area contributed by atoms with Gasteiger partial charge in [0.05, 0.1) is 11.9 Å². The highest BCUT2D eigenvalue weighted by Gasteiger charge is 2.11. The van der Waals surface area contributed by atoms with Gasteiger partial charge in [0.25, 0.3) is 0 Å². The first kappa shape index (κ1) is 17.1. The zero-order chi connectivity index (χ0) is 17.5. The minimum atomic E-state index is 0.386. The van der Waals surface area contributed by atoms with Crippen molar-refractivity contribution in [2.24, 2.45) is 0 Å². The number of pyridine rings is 1. The summed E-state index contributed by atoms with van der Waals surface area (Å²) in [6, 6.07) is 10.6. The monoisotopic (exact) mass is 336 g/mol. The molecule has 0 amide bonds. The lowest BCUT2D eigenvalue weighted by molar-refractivity contribution is 0.300. The number of ether oxygens (including phenoxy) is 1. The molecule has 0 aliphatic rings. The van der Waals surface area contributed by atoms with E-state index in [9.17, 15) is 0 Å². The highest BCUT2D eigenvalue weighted by Crippen LogP contribution is 2.23. The Bertz CT molecular complexity index is 821. The van der Waals surface area contributed by atoms with Crippen LogP contribution in [0.2, 0.25) is 0 Å². The van der Waals surface area contributed by atoms with Gasteiger partial charge in [0.2, 0.25) is 0 Å². The van der Waals surface area contributed by atoms with Crippen LogP contribution in [0.3, 0.4) is 0 Å². The van der Waals surface area contributed by atoms with Crippen LogP contribution in [-0.2, 0) is 6.61 Å². The first-order valence-corrected chi connectivity index (χ1v) is 8.83. The van der Waals surface area contributed by atoms with E-state index in [4.69, 9.17) is 4.74 Å². The Morgan fingerprint density at radius 1 is 1.08 bits per heavy atom. The molecule has 25 heavy (non-hydrogen) atoms. The van der Waals surface area contributed by atoms with Crippen molar-refractivity contribution in [3.63, 3.8) is 0 Å². The summed E-state index contributed by atoms with van der Waals surface area (Å²) in [5, 5.41) is 5.75. The average Bonchev–Trinajstić information content (AvgIpc) is 2.66. The molecular weight excluding hydrogens is 312 g/mol. The predicted octanol–water partition coefficient (Wildman–Crippen LogP) is 4.59. The summed E-state index contributed by atoms with van der Waals surface area (Å²) in [5.41, 5.74) is 0.883. The smallest absolute Gasteiger partial charge is 0.180 e. The summed E-state index contributed by atoms with van der Waals surface area (Å²) in [4.78, 5) is 12.9. The average molecular weight is 336 g/mol. The number of aromatic nitrogens is 3. The number of fused-ring (bicyclic) bond motifs is 1. The summed E-state index contributed by atoms with van der Waals surface area (Å²) >= 11 is 0. The number of nitrogens with zero attached hydrogens (tertiary/aromatic N) is 3. The highest BCUT2D eigenvalue weighted by molar-refractivity contribution is 5.81. The van der Waals surface area contributed by atoms with Crippen LogP contribution in [0.5, 0.6) is 5.75 Å². The molecule has 1 aromatic carbocycles. The second-order valence-corrected chi connectivity index (χ2v) is 6.09. The lowest BCUT2D eigenvalue weighted by atomic mass is 10.1. The SMILES string of the molecule is CCCC(CC)Nc1ncncc1OCc1cc2ccccc2cn1. The van der Waals surface area contributed by atoms with Crippen molar-refractivity contribution in [2.75, 3.05) is 5.32 Å². The van der Waals surface area contributed by atoms with Gasteiger partial charge in [-0.15, -0.1) is 0 Å². The fourth-order valence-electron chi connectivity index (χ4n) is 2.81. The molecule has 0 spiro atoms. The Balaban J connectivity index is 1.71. The Labute approximate surface area is 148 Å². The maximum absolute atomic E-state index is 5.95. The van der Waals surface area contributed by atoms with E-state index >= 15 is 0 Å². The summed E-state index contributed by atoms with van der Waals surface area (Å²) in [7, 11) is 0. The zero-order valence-electron chi connectivity index (χ0n) is 14.8. The van der Waals surface area contributed by atoms with Crippen molar-refractivity contribution >= 4 is 16.6 Å². The Morgan fingerprint density at radius 3 is 2.72 bits per heavy atom. The van der Waals surface area contributed by atoms with Gasteiger partial charge in [-0.3, -0.25) is 4.98 Å². The molecule has 0 saturated heterocycles. The van der Waals surface area contributed by atoms with Gasteiger partial charge in [0, 0.05) is 17.6 Å². The van der Waals surface area contributed by atoms with Crippen LogP contribution < -0.4 is 10.1 Å². The number of benzene rings is 1. The molecule has 5 heteroatoms. The molecule has 3 rings (SSSR count). The Hall–Kier alpha value is -2.69. The van der Waals surface area contributed by atoms with Crippen molar-refractivity contribution in [2.45, 2.75) is 45.8 Å². The number of anilines is 1. The van der Waals surface area contributed by atoms with Gasteiger partial charge in [0.15, 0.2) is 11.6 Å². The maximum Gasteiger partial charge on any atom is 0.180 e. The van der Waals surface area contributed by atoms with Crippen LogP contribution in [0.4, 0.5) is 5.82 Å². The van der Waals surface area contributed by atoms with Crippen molar-refractivity contribution in [3.05, 3.63) is 54.7 Å². The molecule has 0 fully saturated rings. The predicted molar refractivity (Wildman–Crippen MR) is 101 cm³/mol. The quantitative estimate of drug-likeness (QED) is 0.652. The highest BCUT2D eigenvalue weighted by atomic mass is 16.5. The Morgan fingerprint density at radius 2 is 1.92 bits per heavy atom. The number of hydrogen-bond donors (Lipinski definition) is 1. The van der Waals surface area contributed by atoms with Gasteiger partial charge in [-0.25, -0.2) is 9.97 Å². The van der Waals surface area contributed by atoms with Crippen molar-refractivity contribution in [1.29, 1.82) is 0 Å². The standard InChI is InChI=1S/C20H24N4O/c1-3-7-17(4-2)24-20-19(12-21-14-23-20)25-13-18-10-15-8-5-6-9-16(15)11-22-18/h5-6,8-12,14,17H,3-4,7,13H2,1-2H3,(H,21,23,24). The van der Waals surface area contributed by atoms with E-state index in [2.05, 4.69) is 52.3 Å². The van der Waals surface area contributed by atoms with E-state index in [0.29, 0.717) is 18.4 Å². The third kappa shape index (κ3) is 4.44. The molecule has 3 aromatic rings. The molecule has 2 aromatic heterocycles. The molecule has 2 heterocycles. The summed E-state index contributed by atoms with van der Waals surface area (Å²) in [6.07, 6.45) is 8.41.